The molecule has 5 nitrogen and oxygen atoms in total. The minimum atomic E-state index is -0.0327. The van der Waals surface area contributed by atoms with Crippen molar-refractivity contribution in [1.82, 2.24) is 0 Å². The molecule has 0 aliphatic heterocycles. The Balaban J connectivity index is 3.17. The third-order valence-corrected chi connectivity index (χ3v) is 1.86. The Labute approximate surface area is 92.9 Å². The molecule has 0 atom stereocenters. The Morgan fingerprint density at radius 1 is 1.40 bits per heavy atom. The molecule has 0 saturated carbocycles. The topological polar surface area (TPSA) is 99.6 Å². The van der Waals surface area contributed by atoms with Crippen LogP contribution in [0.1, 0.15) is 5.56 Å². The third kappa shape index (κ3) is 2.81. The fourth-order valence-corrected chi connectivity index (χ4v) is 1.16. The lowest BCUT2D eigenvalue weighted by Gasteiger charge is -2.07. The van der Waals surface area contributed by atoms with Gasteiger partial charge in [-0.25, -0.2) is 4.99 Å². The summed E-state index contributed by atoms with van der Waals surface area (Å²) in [5.41, 5.74) is 17.7. The lowest BCUT2D eigenvalue weighted by Crippen LogP contribution is -2.19. The van der Waals surface area contributed by atoms with Crippen LogP contribution in [0.4, 0.5) is 5.69 Å². The zero-order chi connectivity index (χ0) is 11.4. The van der Waals surface area contributed by atoms with Crippen molar-refractivity contribution in [2.75, 3.05) is 12.8 Å². The number of nitrogen functional groups attached to an aromatic ring is 1. The molecule has 0 radical (unpaired) electrons. The van der Waals surface area contributed by atoms with Gasteiger partial charge in [0.2, 0.25) is 0 Å². The van der Waals surface area contributed by atoms with E-state index in [-0.39, 0.29) is 10.9 Å². The van der Waals surface area contributed by atoms with Crippen LogP contribution in [0.15, 0.2) is 23.2 Å². The monoisotopic (exact) mass is 224 g/mol. The van der Waals surface area contributed by atoms with Crippen LogP contribution < -0.4 is 21.9 Å². The van der Waals surface area contributed by atoms with Crippen molar-refractivity contribution in [2.24, 2.45) is 16.5 Å². The van der Waals surface area contributed by atoms with Crippen molar-refractivity contribution >= 4 is 28.9 Å². The quantitative estimate of drug-likeness (QED) is 0.289. The highest BCUT2D eigenvalue weighted by molar-refractivity contribution is 7.80. The molecule has 1 aromatic rings. The van der Waals surface area contributed by atoms with Crippen LogP contribution >= 0.6 is 12.2 Å². The highest BCUT2D eigenvalue weighted by atomic mass is 32.1. The minimum Gasteiger partial charge on any atom is -0.497 e. The third-order valence-electron chi connectivity index (χ3n) is 1.77. The van der Waals surface area contributed by atoms with E-state index in [1.807, 2.05) is 0 Å². The van der Waals surface area contributed by atoms with Crippen LogP contribution in [0.2, 0.25) is 0 Å². The van der Waals surface area contributed by atoms with Gasteiger partial charge in [-0.2, -0.15) is 0 Å². The fraction of sp³-hybridized carbons (Fsp3) is 0.111. The van der Waals surface area contributed by atoms with Gasteiger partial charge in [-0.3, -0.25) is 0 Å². The summed E-state index contributed by atoms with van der Waals surface area (Å²) >= 11 is 4.61. The van der Waals surface area contributed by atoms with Gasteiger partial charge in [-0.05, 0) is 30.4 Å². The Morgan fingerprint density at radius 2 is 2.07 bits per heavy atom. The molecule has 0 amide bonds. The van der Waals surface area contributed by atoms with E-state index in [1.54, 1.807) is 25.3 Å². The van der Waals surface area contributed by atoms with Gasteiger partial charge in [0.1, 0.15) is 11.6 Å². The maximum absolute atomic E-state index is 5.72. The van der Waals surface area contributed by atoms with Crippen LogP contribution in [0.25, 0.3) is 0 Å². The van der Waals surface area contributed by atoms with E-state index >= 15 is 0 Å². The minimum absolute atomic E-state index is 0.0327. The predicted octanol–water partition coefficient (Wildman–Crippen LogP) is 0.226. The number of hydrogen-bond donors (Lipinski definition) is 3. The molecule has 0 saturated heterocycles. The lowest BCUT2D eigenvalue weighted by molar-refractivity contribution is 0.415. The summed E-state index contributed by atoms with van der Waals surface area (Å²) in [6, 6.07) is 5.08. The molecule has 6 N–H and O–H groups in total. The summed E-state index contributed by atoms with van der Waals surface area (Å²) in [5.74, 6) is 0.819. The number of nitrogens with two attached hydrogens (primary N) is 3. The Hall–Kier alpha value is -1.82. The zero-order valence-corrected chi connectivity index (χ0v) is 9.04. The van der Waals surface area contributed by atoms with E-state index in [4.69, 9.17) is 21.9 Å². The van der Waals surface area contributed by atoms with Gasteiger partial charge in [0.25, 0.3) is 0 Å². The Kier molecular flexibility index (Phi) is 3.46. The molecule has 6 heteroatoms. The van der Waals surface area contributed by atoms with Crippen molar-refractivity contribution < 1.29 is 4.74 Å². The summed E-state index contributed by atoms with van der Waals surface area (Å²) in [5, 5.41) is -0.0327. The largest absolute Gasteiger partial charge is 0.497 e. The fourth-order valence-electron chi connectivity index (χ4n) is 1.06. The molecule has 0 fully saturated rings. The molecule has 0 aliphatic rings. The first kappa shape index (κ1) is 11.3. The Bertz CT molecular complexity index is 417. The number of methoxy groups -OCH3 is 1. The van der Waals surface area contributed by atoms with E-state index in [0.29, 0.717) is 17.0 Å². The number of aliphatic imine (C=N–C) groups is 1. The number of ether oxygens (including phenoxy) is 1. The van der Waals surface area contributed by atoms with Crippen molar-refractivity contribution in [3.05, 3.63) is 23.8 Å². The summed E-state index contributed by atoms with van der Waals surface area (Å²) in [4.78, 5) is 3.75. The zero-order valence-electron chi connectivity index (χ0n) is 8.23. The predicted molar refractivity (Wildman–Crippen MR) is 64.9 cm³/mol. The molecule has 0 spiro atoms. The SMILES string of the molecule is COc1ccc(N)c(/C(N)=N/C(N)=S)c1. The standard InChI is InChI=1S/C9H12N4OS/c1-14-5-2-3-7(10)6(4-5)8(11)13-9(12)15/h2-4H,10H2,1H3,(H4,11,12,13,15). The molecule has 1 aromatic carbocycles. The van der Waals surface area contributed by atoms with Gasteiger partial charge in [0, 0.05) is 11.3 Å². The van der Waals surface area contributed by atoms with E-state index < -0.39 is 0 Å². The smallest absolute Gasteiger partial charge is 0.192 e. The molecule has 0 unspecified atom stereocenters. The van der Waals surface area contributed by atoms with E-state index in [9.17, 15) is 0 Å². The summed E-state index contributed by atoms with van der Waals surface area (Å²) in [7, 11) is 1.55. The van der Waals surface area contributed by atoms with E-state index in [2.05, 4.69) is 17.2 Å². The molecule has 0 aliphatic carbocycles. The van der Waals surface area contributed by atoms with E-state index in [0.717, 1.165) is 0 Å². The van der Waals surface area contributed by atoms with Crippen LogP contribution in [-0.4, -0.2) is 18.1 Å². The summed E-state index contributed by atoms with van der Waals surface area (Å²) in [6.45, 7) is 0. The maximum Gasteiger partial charge on any atom is 0.192 e. The molecule has 80 valence electrons. The van der Waals surface area contributed by atoms with Gasteiger partial charge < -0.3 is 21.9 Å². The van der Waals surface area contributed by atoms with Gasteiger partial charge in [-0.15, -0.1) is 0 Å². The molecule has 1 rings (SSSR count). The Morgan fingerprint density at radius 3 is 2.60 bits per heavy atom. The van der Waals surface area contributed by atoms with Gasteiger partial charge >= 0.3 is 0 Å². The second-order valence-electron chi connectivity index (χ2n) is 2.79. The van der Waals surface area contributed by atoms with Gasteiger partial charge in [-0.1, -0.05) is 0 Å². The average Bonchev–Trinajstić information content (AvgIpc) is 2.17. The van der Waals surface area contributed by atoms with E-state index in [1.165, 1.54) is 0 Å². The first-order chi connectivity index (χ1) is 7.04. The van der Waals surface area contributed by atoms with Crippen molar-refractivity contribution in [2.45, 2.75) is 0 Å². The average molecular weight is 224 g/mol. The van der Waals surface area contributed by atoms with Crippen molar-refractivity contribution in [3.8, 4) is 5.75 Å². The molecular formula is C9H12N4OS. The van der Waals surface area contributed by atoms with Crippen molar-refractivity contribution in [1.29, 1.82) is 0 Å². The number of amidine groups is 1. The number of anilines is 1. The number of rotatable bonds is 2. The second-order valence-corrected chi connectivity index (χ2v) is 3.21. The number of benzene rings is 1. The van der Waals surface area contributed by atoms with Crippen molar-refractivity contribution in [3.63, 3.8) is 0 Å². The van der Waals surface area contributed by atoms with Gasteiger partial charge in [0.15, 0.2) is 5.11 Å². The lowest BCUT2D eigenvalue weighted by atomic mass is 10.1. The summed E-state index contributed by atoms with van der Waals surface area (Å²) in [6.07, 6.45) is 0. The molecule has 15 heavy (non-hydrogen) atoms. The number of nitrogens with zero attached hydrogens (tertiary/aromatic N) is 1. The van der Waals surface area contributed by atoms with Crippen LogP contribution in [0.5, 0.6) is 5.75 Å². The first-order valence-electron chi connectivity index (χ1n) is 4.12. The normalized spacial score (nSPS) is 11.1. The molecule has 0 bridgehead atoms. The number of thiocarbonyl (C=S) groups is 1. The van der Waals surface area contributed by atoms with Crippen LogP contribution in [0.3, 0.4) is 0 Å². The van der Waals surface area contributed by atoms with Crippen LogP contribution in [-0.2, 0) is 0 Å². The molecular weight excluding hydrogens is 212 g/mol. The molecule has 0 heterocycles. The first-order valence-corrected chi connectivity index (χ1v) is 4.53. The molecule has 0 aromatic heterocycles. The highest BCUT2D eigenvalue weighted by Gasteiger charge is 2.05. The maximum atomic E-state index is 5.72. The van der Waals surface area contributed by atoms with Crippen LogP contribution in [0, 0.1) is 0 Å². The second kappa shape index (κ2) is 4.61. The summed E-state index contributed by atoms with van der Waals surface area (Å²) < 4.78 is 5.03. The highest BCUT2D eigenvalue weighted by Crippen LogP contribution is 2.18. The van der Waals surface area contributed by atoms with Gasteiger partial charge in [0.05, 0.1) is 7.11 Å². The number of hydrogen-bond acceptors (Lipinski definition) is 3.